The normalized spacial score (nSPS) is 13.8. The number of ether oxygens (including phenoxy) is 1. The molecule has 1 aromatic carbocycles. The zero-order valence-corrected chi connectivity index (χ0v) is 17.0. The van der Waals surface area contributed by atoms with E-state index in [2.05, 4.69) is 25.4 Å². The fourth-order valence-electron chi connectivity index (χ4n) is 3.10. The van der Waals surface area contributed by atoms with Crippen LogP contribution in [0.4, 0.5) is 17.3 Å². The molecule has 1 aliphatic heterocycles. The third-order valence-electron chi connectivity index (χ3n) is 4.72. The molecule has 4 rings (SSSR count). The summed E-state index contributed by atoms with van der Waals surface area (Å²) in [7, 11) is 0. The van der Waals surface area contributed by atoms with E-state index in [0.717, 1.165) is 11.5 Å². The molecule has 1 fully saturated rings. The van der Waals surface area contributed by atoms with Gasteiger partial charge >= 0.3 is 0 Å². The summed E-state index contributed by atoms with van der Waals surface area (Å²) in [5.41, 5.74) is 0.854. The van der Waals surface area contributed by atoms with E-state index in [1.165, 1.54) is 0 Å². The number of aromatic nitrogens is 3. The van der Waals surface area contributed by atoms with Gasteiger partial charge < -0.3 is 19.9 Å². The fourth-order valence-corrected chi connectivity index (χ4v) is 3.22. The number of anilines is 3. The number of carbonyl (C=O) groups is 1. The number of nitrogens with zero attached hydrogens (tertiary/aromatic N) is 5. The lowest BCUT2D eigenvalue weighted by atomic mass is 10.3. The average Bonchev–Trinajstić information content (AvgIpc) is 2.80. The lowest BCUT2D eigenvalue weighted by Gasteiger charge is -2.35. The zero-order chi connectivity index (χ0) is 20.8. The van der Waals surface area contributed by atoms with Crippen LogP contribution in [0.25, 0.3) is 0 Å². The number of carbonyl (C=O) groups excluding carboxylic acids is 1. The number of hydrogen-bond donors (Lipinski definition) is 1. The number of benzene rings is 1. The average molecular weight is 425 g/mol. The maximum absolute atomic E-state index is 12.4. The van der Waals surface area contributed by atoms with E-state index in [-0.39, 0.29) is 12.5 Å². The Morgan fingerprint density at radius 2 is 1.83 bits per heavy atom. The zero-order valence-electron chi connectivity index (χ0n) is 16.2. The van der Waals surface area contributed by atoms with Crippen molar-refractivity contribution in [3.63, 3.8) is 0 Å². The molecular formula is C21H21ClN6O2. The van der Waals surface area contributed by atoms with Crippen LogP contribution in [0.1, 0.15) is 0 Å². The molecule has 154 valence electrons. The van der Waals surface area contributed by atoms with Gasteiger partial charge in [0.2, 0.25) is 0 Å². The van der Waals surface area contributed by atoms with Gasteiger partial charge in [0.05, 0.1) is 11.9 Å². The Hall–Kier alpha value is -3.39. The van der Waals surface area contributed by atoms with Crippen LogP contribution in [-0.2, 0) is 4.79 Å². The van der Waals surface area contributed by atoms with Crippen molar-refractivity contribution in [2.75, 3.05) is 43.0 Å². The Morgan fingerprint density at radius 3 is 2.50 bits per heavy atom. The Balaban J connectivity index is 1.25. The van der Waals surface area contributed by atoms with Crippen molar-refractivity contribution in [1.29, 1.82) is 0 Å². The summed E-state index contributed by atoms with van der Waals surface area (Å²) in [6.45, 7) is 2.62. The SMILES string of the molecule is O=C(COc1ccc(Cl)cc1)N1CCN(c2ccc(Nc3cccnc3)nn2)CC1. The lowest BCUT2D eigenvalue weighted by molar-refractivity contribution is -0.133. The molecule has 0 atom stereocenters. The molecule has 0 bridgehead atoms. The van der Waals surface area contributed by atoms with Crippen molar-refractivity contribution in [3.05, 3.63) is 65.9 Å². The second-order valence-electron chi connectivity index (χ2n) is 6.75. The van der Waals surface area contributed by atoms with Crippen molar-refractivity contribution in [2.45, 2.75) is 0 Å². The van der Waals surface area contributed by atoms with Gasteiger partial charge in [0.25, 0.3) is 5.91 Å². The van der Waals surface area contributed by atoms with E-state index in [1.807, 2.05) is 24.3 Å². The number of rotatable bonds is 6. The number of nitrogens with one attached hydrogen (secondary N) is 1. The molecule has 0 aliphatic carbocycles. The van der Waals surface area contributed by atoms with Gasteiger partial charge in [0.1, 0.15) is 5.75 Å². The van der Waals surface area contributed by atoms with Crippen LogP contribution >= 0.6 is 11.6 Å². The number of piperazine rings is 1. The Morgan fingerprint density at radius 1 is 1.03 bits per heavy atom. The summed E-state index contributed by atoms with van der Waals surface area (Å²) in [4.78, 5) is 20.4. The molecule has 1 aliphatic rings. The Bertz CT molecular complexity index is 961. The highest BCUT2D eigenvalue weighted by Crippen LogP contribution is 2.18. The van der Waals surface area contributed by atoms with Crippen LogP contribution in [0.5, 0.6) is 5.75 Å². The van der Waals surface area contributed by atoms with Crippen LogP contribution in [-0.4, -0.2) is 58.8 Å². The third kappa shape index (κ3) is 5.15. The highest BCUT2D eigenvalue weighted by molar-refractivity contribution is 6.30. The van der Waals surface area contributed by atoms with E-state index in [9.17, 15) is 4.79 Å². The fraction of sp³-hybridized carbons (Fsp3) is 0.238. The van der Waals surface area contributed by atoms with Crippen LogP contribution in [0.15, 0.2) is 60.9 Å². The molecular weight excluding hydrogens is 404 g/mol. The highest BCUT2D eigenvalue weighted by atomic mass is 35.5. The van der Waals surface area contributed by atoms with Crippen LogP contribution < -0.4 is 15.0 Å². The van der Waals surface area contributed by atoms with E-state index >= 15 is 0 Å². The van der Waals surface area contributed by atoms with Crippen molar-refractivity contribution in [2.24, 2.45) is 0 Å². The Labute approximate surface area is 179 Å². The largest absolute Gasteiger partial charge is 0.484 e. The Kier molecular flexibility index (Phi) is 6.24. The molecule has 3 aromatic rings. The van der Waals surface area contributed by atoms with Gasteiger partial charge in [-0.2, -0.15) is 0 Å². The second-order valence-corrected chi connectivity index (χ2v) is 7.19. The van der Waals surface area contributed by atoms with Gasteiger partial charge in [-0.1, -0.05) is 11.6 Å². The summed E-state index contributed by atoms with van der Waals surface area (Å²) in [6, 6.07) is 14.5. The van der Waals surface area contributed by atoms with Crippen LogP contribution in [0.2, 0.25) is 5.02 Å². The molecule has 1 amide bonds. The molecule has 30 heavy (non-hydrogen) atoms. The highest BCUT2D eigenvalue weighted by Gasteiger charge is 2.22. The van der Waals surface area contributed by atoms with Crippen LogP contribution in [0.3, 0.4) is 0 Å². The molecule has 0 unspecified atom stereocenters. The maximum atomic E-state index is 12.4. The molecule has 9 heteroatoms. The van der Waals surface area contributed by atoms with Gasteiger partial charge in [-0.05, 0) is 48.5 Å². The monoisotopic (exact) mass is 424 g/mol. The first-order valence-corrected chi connectivity index (χ1v) is 9.97. The van der Waals surface area contributed by atoms with E-state index < -0.39 is 0 Å². The van der Waals surface area contributed by atoms with E-state index in [1.54, 1.807) is 41.6 Å². The number of hydrogen-bond acceptors (Lipinski definition) is 7. The van der Waals surface area contributed by atoms with Gasteiger partial charge in [0, 0.05) is 37.4 Å². The quantitative estimate of drug-likeness (QED) is 0.651. The first-order valence-electron chi connectivity index (χ1n) is 9.59. The summed E-state index contributed by atoms with van der Waals surface area (Å²) in [5, 5.41) is 12.3. The van der Waals surface area contributed by atoms with Crippen molar-refractivity contribution in [3.8, 4) is 5.75 Å². The van der Waals surface area contributed by atoms with Crippen molar-refractivity contribution < 1.29 is 9.53 Å². The number of halogens is 1. The molecule has 1 N–H and O–H groups in total. The predicted octanol–water partition coefficient (Wildman–Crippen LogP) is 3.00. The van der Waals surface area contributed by atoms with Gasteiger partial charge in [-0.3, -0.25) is 9.78 Å². The van der Waals surface area contributed by atoms with E-state index in [4.69, 9.17) is 16.3 Å². The molecule has 0 spiro atoms. The van der Waals surface area contributed by atoms with Crippen LogP contribution in [0, 0.1) is 0 Å². The first kappa shape index (κ1) is 19.9. The molecule has 8 nitrogen and oxygen atoms in total. The molecule has 2 aromatic heterocycles. The minimum atomic E-state index is -0.0355. The summed E-state index contributed by atoms with van der Waals surface area (Å²) in [6.07, 6.45) is 3.44. The molecule has 0 radical (unpaired) electrons. The number of pyridine rings is 1. The standard InChI is InChI=1S/C21H21ClN6O2/c22-16-3-5-18(6-4-16)30-15-21(29)28-12-10-27(11-13-28)20-8-7-19(25-26-20)24-17-2-1-9-23-14-17/h1-9,14H,10-13,15H2,(H,24,25). The maximum Gasteiger partial charge on any atom is 0.260 e. The van der Waals surface area contributed by atoms with Crippen molar-refractivity contribution >= 4 is 34.8 Å². The lowest BCUT2D eigenvalue weighted by Crippen LogP contribution is -2.50. The van der Waals surface area contributed by atoms with Gasteiger partial charge in [-0.15, -0.1) is 10.2 Å². The minimum absolute atomic E-state index is 0.0101. The third-order valence-corrected chi connectivity index (χ3v) is 4.97. The number of amides is 1. The summed E-state index contributed by atoms with van der Waals surface area (Å²) >= 11 is 5.85. The predicted molar refractivity (Wildman–Crippen MR) is 115 cm³/mol. The molecule has 1 saturated heterocycles. The molecule has 3 heterocycles. The summed E-state index contributed by atoms with van der Waals surface area (Å²) in [5.74, 6) is 2.03. The smallest absolute Gasteiger partial charge is 0.260 e. The van der Waals surface area contributed by atoms with Gasteiger partial charge in [-0.25, -0.2) is 0 Å². The van der Waals surface area contributed by atoms with Gasteiger partial charge in [0.15, 0.2) is 18.2 Å². The minimum Gasteiger partial charge on any atom is -0.484 e. The van der Waals surface area contributed by atoms with Crippen molar-refractivity contribution in [1.82, 2.24) is 20.1 Å². The first-order chi connectivity index (χ1) is 14.7. The summed E-state index contributed by atoms with van der Waals surface area (Å²) < 4.78 is 5.55. The molecule has 0 saturated carbocycles. The second kappa shape index (κ2) is 9.41. The van der Waals surface area contributed by atoms with E-state index in [0.29, 0.717) is 42.8 Å². The topological polar surface area (TPSA) is 83.5 Å².